The number of nitrogens with one attached hydrogen (secondary N) is 1. The standard InChI is InChI=1S/C26H30Cl2N4O2.ClH/c1-18-21(17-24(30(18)2)19-7-9-20(34-3)10-8-19)26(33)29-11-12-31-13-15-32(16-14-31)23-6-4-5-22(27)25(23)28;/h4-10,17H,11-16H2,1-3H3,(H,29,33);1H. The Bertz CT molecular complexity index is 1160. The lowest BCUT2D eigenvalue weighted by Gasteiger charge is -2.36. The Kier molecular flexibility index (Phi) is 9.36. The number of anilines is 1. The number of hydrogen-bond donors (Lipinski definition) is 1. The van der Waals surface area contributed by atoms with Gasteiger partial charge in [-0.05, 0) is 55.0 Å². The van der Waals surface area contributed by atoms with Crippen molar-refractivity contribution in [3.63, 3.8) is 0 Å². The minimum atomic E-state index is -0.0443. The molecular formula is C26H31Cl3N4O2. The van der Waals surface area contributed by atoms with Crippen LogP contribution in [-0.4, -0.2) is 61.8 Å². The van der Waals surface area contributed by atoms with Crippen molar-refractivity contribution in [1.82, 2.24) is 14.8 Å². The monoisotopic (exact) mass is 536 g/mol. The third kappa shape index (κ3) is 6.07. The molecule has 0 aliphatic carbocycles. The van der Waals surface area contributed by atoms with E-state index >= 15 is 0 Å². The second-order valence-corrected chi connectivity index (χ2v) is 9.26. The lowest BCUT2D eigenvalue weighted by atomic mass is 10.1. The van der Waals surface area contributed by atoms with Crippen LogP contribution in [0.25, 0.3) is 11.3 Å². The molecule has 0 unspecified atom stereocenters. The number of nitrogens with zero attached hydrogens (tertiary/aromatic N) is 3. The Morgan fingerprint density at radius 2 is 1.74 bits per heavy atom. The third-order valence-corrected chi connectivity index (χ3v) is 7.33. The van der Waals surface area contributed by atoms with Crippen molar-refractivity contribution < 1.29 is 9.53 Å². The zero-order valence-electron chi connectivity index (χ0n) is 20.2. The first-order valence-electron chi connectivity index (χ1n) is 11.4. The van der Waals surface area contributed by atoms with Crippen LogP contribution in [0.2, 0.25) is 10.0 Å². The van der Waals surface area contributed by atoms with Crippen LogP contribution in [0, 0.1) is 6.92 Å². The molecule has 35 heavy (non-hydrogen) atoms. The molecular weight excluding hydrogens is 507 g/mol. The molecule has 3 aromatic rings. The molecule has 0 saturated carbocycles. The largest absolute Gasteiger partial charge is 0.497 e. The number of halogens is 3. The van der Waals surface area contributed by atoms with E-state index in [4.69, 9.17) is 27.9 Å². The van der Waals surface area contributed by atoms with Gasteiger partial charge in [0.2, 0.25) is 0 Å². The van der Waals surface area contributed by atoms with E-state index in [9.17, 15) is 4.79 Å². The van der Waals surface area contributed by atoms with Gasteiger partial charge in [0.25, 0.3) is 5.91 Å². The van der Waals surface area contributed by atoms with Gasteiger partial charge in [-0.1, -0.05) is 29.3 Å². The number of rotatable bonds is 7. The Labute approximate surface area is 223 Å². The summed E-state index contributed by atoms with van der Waals surface area (Å²) in [4.78, 5) is 17.5. The summed E-state index contributed by atoms with van der Waals surface area (Å²) in [6.07, 6.45) is 0. The SMILES string of the molecule is COc1ccc(-c2cc(C(=O)NCCN3CCN(c4cccc(Cl)c4Cl)CC3)c(C)n2C)cc1.Cl. The number of amides is 1. The number of piperazine rings is 1. The maximum Gasteiger partial charge on any atom is 0.253 e. The lowest BCUT2D eigenvalue weighted by Crippen LogP contribution is -2.48. The molecule has 1 saturated heterocycles. The Morgan fingerprint density at radius 3 is 2.40 bits per heavy atom. The maximum atomic E-state index is 12.9. The van der Waals surface area contributed by atoms with Gasteiger partial charge in [0.15, 0.2) is 0 Å². The van der Waals surface area contributed by atoms with E-state index in [2.05, 4.69) is 19.7 Å². The number of methoxy groups -OCH3 is 1. The molecule has 6 nitrogen and oxygen atoms in total. The van der Waals surface area contributed by atoms with Crippen LogP contribution in [-0.2, 0) is 7.05 Å². The number of carbonyl (C=O) groups excluding carboxylic acids is 1. The van der Waals surface area contributed by atoms with Crippen molar-refractivity contribution in [2.24, 2.45) is 7.05 Å². The van der Waals surface area contributed by atoms with E-state index in [1.54, 1.807) is 13.2 Å². The summed E-state index contributed by atoms with van der Waals surface area (Å²) in [5.41, 5.74) is 4.67. The predicted octanol–water partition coefficient (Wildman–Crippen LogP) is 5.29. The highest BCUT2D eigenvalue weighted by atomic mass is 35.5. The molecule has 1 aliphatic rings. The first-order chi connectivity index (χ1) is 16.4. The summed E-state index contributed by atoms with van der Waals surface area (Å²) in [6, 6.07) is 15.6. The minimum absolute atomic E-state index is 0. The van der Waals surface area contributed by atoms with E-state index in [1.165, 1.54) is 0 Å². The van der Waals surface area contributed by atoms with Gasteiger partial charge in [0, 0.05) is 57.7 Å². The molecule has 2 heterocycles. The van der Waals surface area contributed by atoms with Crippen molar-refractivity contribution in [3.05, 3.63) is 69.8 Å². The molecule has 1 amide bonds. The molecule has 4 rings (SSSR count). The summed E-state index contributed by atoms with van der Waals surface area (Å²) >= 11 is 12.5. The zero-order chi connectivity index (χ0) is 24.2. The lowest BCUT2D eigenvalue weighted by molar-refractivity contribution is 0.0947. The van der Waals surface area contributed by atoms with Crippen LogP contribution >= 0.6 is 35.6 Å². The van der Waals surface area contributed by atoms with Gasteiger partial charge in [-0.2, -0.15) is 0 Å². The topological polar surface area (TPSA) is 49.7 Å². The van der Waals surface area contributed by atoms with Crippen molar-refractivity contribution in [1.29, 1.82) is 0 Å². The van der Waals surface area contributed by atoms with Crippen LogP contribution < -0.4 is 15.0 Å². The van der Waals surface area contributed by atoms with E-state index in [-0.39, 0.29) is 18.3 Å². The van der Waals surface area contributed by atoms with Crippen LogP contribution in [0.1, 0.15) is 16.1 Å². The van der Waals surface area contributed by atoms with E-state index in [1.807, 2.05) is 56.4 Å². The quantitative estimate of drug-likeness (QED) is 0.445. The van der Waals surface area contributed by atoms with E-state index < -0.39 is 0 Å². The average molecular weight is 538 g/mol. The van der Waals surface area contributed by atoms with Crippen molar-refractivity contribution >= 4 is 47.2 Å². The molecule has 1 aliphatic heterocycles. The van der Waals surface area contributed by atoms with Crippen molar-refractivity contribution in [2.75, 3.05) is 51.3 Å². The predicted molar refractivity (Wildman–Crippen MR) is 147 cm³/mol. The third-order valence-electron chi connectivity index (χ3n) is 6.52. The van der Waals surface area contributed by atoms with Crippen molar-refractivity contribution in [2.45, 2.75) is 6.92 Å². The van der Waals surface area contributed by atoms with Gasteiger partial charge in [0.1, 0.15) is 5.75 Å². The number of hydrogen-bond acceptors (Lipinski definition) is 4. The summed E-state index contributed by atoms with van der Waals surface area (Å²) in [6.45, 7) is 6.94. The Hall–Kier alpha value is -2.38. The number of aromatic nitrogens is 1. The average Bonchev–Trinajstić information content (AvgIpc) is 3.16. The zero-order valence-corrected chi connectivity index (χ0v) is 22.5. The van der Waals surface area contributed by atoms with Crippen molar-refractivity contribution in [3.8, 4) is 17.0 Å². The summed E-state index contributed by atoms with van der Waals surface area (Å²) in [5.74, 6) is 0.765. The maximum absolute atomic E-state index is 12.9. The fourth-order valence-corrected chi connectivity index (χ4v) is 4.75. The summed E-state index contributed by atoms with van der Waals surface area (Å²) in [7, 11) is 3.64. The van der Waals surface area contributed by atoms with Crippen LogP contribution in [0.3, 0.4) is 0 Å². The van der Waals surface area contributed by atoms with Crippen LogP contribution in [0.4, 0.5) is 5.69 Å². The highest BCUT2D eigenvalue weighted by Gasteiger charge is 2.21. The highest BCUT2D eigenvalue weighted by molar-refractivity contribution is 6.43. The van der Waals surface area contributed by atoms with Gasteiger partial charge < -0.3 is 19.5 Å². The second kappa shape index (κ2) is 12.0. The Morgan fingerprint density at radius 1 is 1.06 bits per heavy atom. The van der Waals surface area contributed by atoms with Crippen LogP contribution in [0.15, 0.2) is 48.5 Å². The normalized spacial score (nSPS) is 13.9. The van der Waals surface area contributed by atoms with Gasteiger partial charge in [-0.25, -0.2) is 0 Å². The second-order valence-electron chi connectivity index (χ2n) is 8.47. The van der Waals surface area contributed by atoms with Crippen LogP contribution in [0.5, 0.6) is 5.75 Å². The molecule has 0 radical (unpaired) electrons. The van der Waals surface area contributed by atoms with Gasteiger partial charge in [0.05, 0.1) is 28.4 Å². The molecule has 9 heteroatoms. The number of benzene rings is 2. The molecule has 2 aromatic carbocycles. The summed E-state index contributed by atoms with van der Waals surface area (Å²) < 4.78 is 7.30. The molecule has 188 valence electrons. The summed E-state index contributed by atoms with van der Waals surface area (Å²) in [5, 5.41) is 4.28. The highest BCUT2D eigenvalue weighted by Crippen LogP contribution is 2.33. The first kappa shape index (κ1) is 27.2. The molecule has 1 aromatic heterocycles. The minimum Gasteiger partial charge on any atom is -0.497 e. The molecule has 1 N–H and O–H groups in total. The smallest absolute Gasteiger partial charge is 0.253 e. The number of carbonyl (C=O) groups is 1. The Balaban J connectivity index is 0.00000342. The number of ether oxygens (including phenoxy) is 1. The molecule has 0 spiro atoms. The van der Waals surface area contributed by atoms with Gasteiger partial charge in [-0.3, -0.25) is 9.69 Å². The first-order valence-corrected chi connectivity index (χ1v) is 12.1. The van der Waals surface area contributed by atoms with E-state index in [0.29, 0.717) is 22.2 Å². The molecule has 0 bridgehead atoms. The molecule has 0 atom stereocenters. The van der Waals surface area contributed by atoms with Gasteiger partial charge in [-0.15, -0.1) is 12.4 Å². The molecule has 1 fully saturated rings. The van der Waals surface area contributed by atoms with Gasteiger partial charge >= 0.3 is 0 Å². The fraction of sp³-hybridized carbons (Fsp3) is 0.346. The fourth-order valence-electron chi connectivity index (χ4n) is 4.34. The van der Waals surface area contributed by atoms with E-state index in [0.717, 1.165) is 61.1 Å².